The number of aliphatic imine (C=N–C) groups is 1. The van der Waals surface area contributed by atoms with Crippen molar-refractivity contribution in [2.75, 3.05) is 26.7 Å². The summed E-state index contributed by atoms with van der Waals surface area (Å²) in [6, 6.07) is 11.3. The Morgan fingerprint density at radius 1 is 1.13 bits per heavy atom. The molecule has 0 spiro atoms. The third-order valence-corrected chi connectivity index (χ3v) is 4.07. The van der Waals surface area contributed by atoms with E-state index in [1.807, 2.05) is 6.07 Å². The molecule has 1 aromatic carbocycles. The molecule has 130 valence electrons. The number of hydrogen-bond donors (Lipinski definition) is 2. The van der Waals surface area contributed by atoms with Gasteiger partial charge >= 0.3 is 0 Å². The summed E-state index contributed by atoms with van der Waals surface area (Å²) in [7, 11) is 2.18. The van der Waals surface area contributed by atoms with Crippen LogP contribution in [0.15, 0.2) is 35.3 Å². The van der Waals surface area contributed by atoms with Crippen LogP contribution in [-0.2, 0) is 0 Å². The molecule has 23 heavy (non-hydrogen) atoms. The van der Waals surface area contributed by atoms with Crippen molar-refractivity contribution < 1.29 is 0 Å². The zero-order chi connectivity index (χ0) is 17.1. The Morgan fingerprint density at radius 3 is 2.43 bits per heavy atom. The number of nitrogens with zero attached hydrogens (tertiary/aromatic N) is 2. The van der Waals surface area contributed by atoms with Gasteiger partial charge in [-0.2, -0.15) is 0 Å². The average Bonchev–Trinajstić information content (AvgIpc) is 2.55. The minimum atomic E-state index is 0.251. The van der Waals surface area contributed by atoms with Crippen molar-refractivity contribution in [2.45, 2.75) is 52.6 Å². The molecule has 0 bridgehead atoms. The monoisotopic (exact) mass is 318 g/mol. The van der Waals surface area contributed by atoms with Gasteiger partial charge < -0.3 is 15.5 Å². The average molecular weight is 319 g/mol. The minimum absolute atomic E-state index is 0.251. The Morgan fingerprint density at radius 2 is 1.83 bits per heavy atom. The van der Waals surface area contributed by atoms with E-state index in [9.17, 15) is 0 Å². The molecule has 0 amide bonds. The van der Waals surface area contributed by atoms with Gasteiger partial charge in [0.1, 0.15) is 0 Å². The molecule has 0 heterocycles. The zero-order valence-electron chi connectivity index (χ0n) is 15.5. The molecule has 2 N–H and O–H groups in total. The Balaban J connectivity index is 2.41. The molecule has 0 aliphatic carbocycles. The summed E-state index contributed by atoms with van der Waals surface area (Å²) in [5.41, 5.74) is 1.27. The molecule has 1 atom stereocenters. The van der Waals surface area contributed by atoms with Crippen LogP contribution < -0.4 is 10.6 Å². The van der Waals surface area contributed by atoms with Crippen LogP contribution >= 0.6 is 0 Å². The first-order chi connectivity index (χ1) is 11.0. The number of guanidine groups is 1. The molecule has 0 saturated carbocycles. The highest BCUT2D eigenvalue weighted by molar-refractivity contribution is 5.80. The molecule has 0 saturated heterocycles. The van der Waals surface area contributed by atoms with Gasteiger partial charge in [-0.1, -0.05) is 30.3 Å². The first kappa shape index (κ1) is 19.5. The van der Waals surface area contributed by atoms with Gasteiger partial charge in [0.15, 0.2) is 5.96 Å². The summed E-state index contributed by atoms with van der Waals surface area (Å²) in [6.07, 6.45) is 2.30. The summed E-state index contributed by atoms with van der Waals surface area (Å²) < 4.78 is 0. The first-order valence-electron chi connectivity index (χ1n) is 8.84. The molecule has 0 aliphatic rings. The van der Waals surface area contributed by atoms with Gasteiger partial charge in [0.2, 0.25) is 0 Å². The van der Waals surface area contributed by atoms with Crippen molar-refractivity contribution in [1.29, 1.82) is 0 Å². The van der Waals surface area contributed by atoms with Crippen molar-refractivity contribution in [3.05, 3.63) is 35.9 Å². The lowest BCUT2D eigenvalue weighted by molar-refractivity contribution is 0.269. The van der Waals surface area contributed by atoms with Crippen LogP contribution in [0.25, 0.3) is 0 Å². The molecule has 1 rings (SSSR count). The van der Waals surface area contributed by atoms with Crippen LogP contribution in [0.3, 0.4) is 0 Å². The molecule has 1 unspecified atom stereocenters. The van der Waals surface area contributed by atoms with E-state index in [0.717, 1.165) is 32.0 Å². The fourth-order valence-corrected chi connectivity index (χ4v) is 2.27. The SMILES string of the molecule is CCNC(=NCCCCN(C)C(C)C)NC(C)c1ccccc1. The molecular weight excluding hydrogens is 284 g/mol. The predicted molar refractivity (Wildman–Crippen MR) is 101 cm³/mol. The van der Waals surface area contributed by atoms with Crippen molar-refractivity contribution in [3.63, 3.8) is 0 Å². The quantitative estimate of drug-likeness (QED) is 0.416. The normalized spacial score (nSPS) is 13.4. The van der Waals surface area contributed by atoms with Crippen LogP contribution in [0.4, 0.5) is 0 Å². The molecule has 0 aromatic heterocycles. The number of unbranched alkanes of at least 4 members (excludes halogenated alkanes) is 1. The van der Waals surface area contributed by atoms with Crippen molar-refractivity contribution in [2.24, 2.45) is 4.99 Å². The number of hydrogen-bond acceptors (Lipinski definition) is 2. The number of benzene rings is 1. The zero-order valence-corrected chi connectivity index (χ0v) is 15.5. The standard InChI is InChI=1S/C19H34N4/c1-6-20-19(21-14-10-11-15-23(5)16(2)3)22-17(4)18-12-8-7-9-13-18/h7-9,12-13,16-17H,6,10-11,14-15H2,1-5H3,(H2,20,21,22). The smallest absolute Gasteiger partial charge is 0.191 e. The Labute approximate surface area is 142 Å². The largest absolute Gasteiger partial charge is 0.357 e. The summed E-state index contributed by atoms with van der Waals surface area (Å²) in [5, 5.41) is 6.81. The van der Waals surface area contributed by atoms with Gasteiger partial charge in [-0.25, -0.2) is 0 Å². The van der Waals surface area contributed by atoms with Crippen molar-refractivity contribution in [3.8, 4) is 0 Å². The molecule has 4 nitrogen and oxygen atoms in total. The fraction of sp³-hybridized carbons (Fsp3) is 0.632. The molecule has 1 aromatic rings. The van der Waals surface area contributed by atoms with Crippen LogP contribution in [-0.4, -0.2) is 43.6 Å². The highest BCUT2D eigenvalue weighted by atomic mass is 15.2. The van der Waals surface area contributed by atoms with Crippen molar-refractivity contribution in [1.82, 2.24) is 15.5 Å². The number of nitrogens with one attached hydrogen (secondary N) is 2. The predicted octanol–water partition coefficient (Wildman–Crippen LogP) is 3.42. The third kappa shape index (κ3) is 8.03. The summed E-state index contributed by atoms with van der Waals surface area (Å²) >= 11 is 0. The van der Waals surface area contributed by atoms with E-state index in [0.29, 0.717) is 6.04 Å². The van der Waals surface area contributed by atoms with Gasteiger partial charge in [0, 0.05) is 19.1 Å². The molecular formula is C19H34N4. The molecule has 0 radical (unpaired) electrons. The highest BCUT2D eigenvalue weighted by Crippen LogP contribution is 2.10. The van der Waals surface area contributed by atoms with Gasteiger partial charge in [-0.3, -0.25) is 4.99 Å². The van der Waals surface area contributed by atoms with Gasteiger partial charge in [0.05, 0.1) is 6.04 Å². The maximum Gasteiger partial charge on any atom is 0.191 e. The maximum atomic E-state index is 4.70. The Hall–Kier alpha value is -1.55. The highest BCUT2D eigenvalue weighted by Gasteiger charge is 2.07. The molecule has 4 heteroatoms. The molecule has 0 fully saturated rings. The fourth-order valence-electron chi connectivity index (χ4n) is 2.27. The minimum Gasteiger partial charge on any atom is -0.357 e. The summed E-state index contributed by atoms with van der Waals surface area (Å²) in [6.45, 7) is 11.6. The van der Waals surface area contributed by atoms with Gasteiger partial charge in [-0.15, -0.1) is 0 Å². The Bertz CT molecular complexity index is 442. The van der Waals surface area contributed by atoms with E-state index in [1.54, 1.807) is 0 Å². The van der Waals surface area contributed by atoms with Crippen LogP contribution in [0, 0.1) is 0 Å². The lowest BCUT2D eigenvalue weighted by Gasteiger charge is -2.20. The van der Waals surface area contributed by atoms with E-state index in [2.05, 4.69) is 74.5 Å². The van der Waals surface area contributed by atoms with E-state index in [4.69, 9.17) is 4.99 Å². The van der Waals surface area contributed by atoms with Crippen molar-refractivity contribution >= 4 is 5.96 Å². The second-order valence-corrected chi connectivity index (χ2v) is 6.32. The second-order valence-electron chi connectivity index (χ2n) is 6.32. The Kier molecular flexibility index (Phi) is 9.37. The second kappa shape index (κ2) is 11.1. The van der Waals surface area contributed by atoms with E-state index in [1.165, 1.54) is 12.0 Å². The van der Waals surface area contributed by atoms with Gasteiger partial charge in [0.25, 0.3) is 0 Å². The van der Waals surface area contributed by atoms with Crippen LogP contribution in [0.1, 0.15) is 52.1 Å². The molecule has 0 aliphatic heterocycles. The van der Waals surface area contributed by atoms with E-state index in [-0.39, 0.29) is 6.04 Å². The maximum absolute atomic E-state index is 4.70. The van der Waals surface area contributed by atoms with Gasteiger partial charge in [-0.05, 0) is 59.7 Å². The lowest BCUT2D eigenvalue weighted by atomic mass is 10.1. The topological polar surface area (TPSA) is 39.7 Å². The van der Waals surface area contributed by atoms with E-state index < -0.39 is 0 Å². The lowest BCUT2D eigenvalue weighted by Crippen LogP contribution is -2.38. The van der Waals surface area contributed by atoms with Crippen LogP contribution in [0.5, 0.6) is 0 Å². The van der Waals surface area contributed by atoms with Crippen LogP contribution in [0.2, 0.25) is 0 Å². The van der Waals surface area contributed by atoms with E-state index >= 15 is 0 Å². The first-order valence-corrected chi connectivity index (χ1v) is 8.84. The third-order valence-electron chi connectivity index (χ3n) is 4.07. The summed E-state index contributed by atoms with van der Waals surface area (Å²) in [5.74, 6) is 0.904. The number of rotatable bonds is 9. The summed E-state index contributed by atoms with van der Waals surface area (Å²) in [4.78, 5) is 7.08.